The summed E-state index contributed by atoms with van der Waals surface area (Å²) in [5.74, 6) is -0.130. The number of carbonyl (C=O) groups is 1. The van der Waals surface area contributed by atoms with Crippen LogP contribution in [0.1, 0.15) is 24.5 Å². The molecule has 0 atom stereocenters. The number of phenols is 1. The summed E-state index contributed by atoms with van der Waals surface area (Å²) in [6.45, 7) is 2.11. The van der Waals surface area contributed by atoms with Crippen LogP contribution in [0, 0.1) is 5.41 Å². The Bertz CT molecular complexity index is 701. The van der Waals surface area contributed by atoms with Gasteiger partial charge in [-0.15, -0.1) is 12.4 Å². The van der Waals surface area contributed by atoms with Crippen molar-refractivity contribution in [1.29, 1.82) is 5.41 Å². The second kappa shape index (κ2) is 7.66. The highest BCUT2D eigenvalue weighted by Gasteiger charge is 2.11. The number of hydrogen-bond acceptors (Lipinski definition) is 4. The molecule has 4 N–H and O–H groups in total. The molecule has 0 unspecified atom stereocenters. The molecule has 6 heteroatoms. The van der Waals surface area contributed by atoms with Crippen molar-refractivity contribution in [3.8, 4) is 5.75 Å². The first-order chi connectivity index (χ1) is 10.0. The van der Waals surface area contributed by atoms with Gasteiger partial charge in [-0.3, -0.25) is 10.2 Å². The lowest BCUT2D eigenvalue weighted by Gasteiger charge is -2.10. The predicted octanol–water partition coefficient (Wildman–Crippen LogP) is 2.75. The molecule has 2 aromatic carbocycles. The summed E-state index contributed by atoms with van der Waals surface area (Å²) >= 11 is 0. The standard InChI is InChI=1S/C16H18N2O3.ClH/c1-2-21-15(20)8-6-13-12-5-3-11(16(17)18)9-10(12)4-7-14(13)19;/h3-5,7,9,19H,2,6,8H2,1H3,(H3,17,18);1H. The maximum atomic E-state index is 11.5. The molecule has 0 saturated heterocycles. The van der Waals surface area contributed by atoms with E-state index < -0.39 is 0 Å². The molecule has 0 radical (unpaired) electrons. The van der Waals surface area contributed by atoms with Crippen molar-refractivity contribution in [2.75, 3.05) is 6.61 Å². The van der Waals surface area contributed by atoms with Crippen molar-refractivity contribution in [2.24, 2.45) is 5.73 Å². The number of benzene rings is 2. The Labute approximate surface area is 135 Å². The van der Waals surface area contributed by atoms with E-state index in [1.165, 1.54) is 0 Å². The molecule has 0 amide bonds. The van der Waals surface area contributed by atoms with Crippen LogP contribution in [-0.2, 0) is 16.0 Å². The van der Waals surface area contributed by atoms with Gasteiger partial charge in [0.25, 0.3) is 0 Å². The highest BCUT2D eigenvalue weighted by molar-refractivity contribution is 6.00. The summed E-state index contributed by atoms with van der Waals surface area (Å²) < 4.78 is 4.90. The van der Waals surface area contributed by atoms with Crippen LogP contribution in [0.2, 0.25) is 0 Å². The number of amidine groups is 1. The first-order valence-corrected chi connectivity index (χ1v) is 6.77. The van der Waals surface area contributed by atoms with Crippen LogP contribution >= 0.6 is 12.4 Å². The Kier molecular flexibility index (Phi) is 6.19. The molecule has 22 heavy (non-hydrogen) atoms. The highest BCUT2D eigenvalue weighted by Crippen LogP contribution is 2.29. The molecule has 0 fully saturated rings. The Morgan fingerprint density at radius 2 is 2.05 bits per heavy atom. The zero-order chi connectivity index (χ0) is 15.4. The average molecular weight is 323 g/mol. The van der Waals surface area contributed by atoms with Crippen LogP contribution in [0.25, 0.3) is 10.8 Å². The predicted molar refractivity (Wildman–Crippen MR) is 88.8 cm³/mol. The van der Waals surface area contributed by atoms with E-state index in [9.17, 15) is 9.90 Å². The number of nitrogens with two attached hydrogens (primary N) is 1. The van der Waals surface area contributed by atoms with Crippen LogP contribution in [0.15, 0.2) is 30.3 Å². The Morgan fingerprint density at radius 1 is 1.32 bits per heavy atom. The number of nitrogen functional groups attached to an aromatic ring is 1. The van der Waals surface area contributed by atoms with Gasteiger partial charge in [-0.05, 0) is 36.2 Å². The van der Waals surface area contributed by atoms with Crippen molar-refractivity contribution in [3.63, 3.8) is 0 Å². The minimum absolute atomic E-state index is 0. The summed E-state index contributed by atoms with van der Waals surface area (Å²) in [6, 6.07) is 8.70. The molecule has 2 aromatic rings. The van der Waals surface area contributed by atoms with E-state index in [1.807, 2.05) is 6.07 Å². The molecule has 0 aliphatic carbocycles. The SMILES string of the molecule is CCOC(=O)CCc1c(O)ccc2cc(C(=N)N)ccc12.Cl. The Balaban J connectivity index is 0.00000242. The minimum atomic E-state index is -0.283. The fraction of sp³-hybridized carbons (Fsp3) is 0.250. The maximum Gasteiger partial charge on any atom is 0.306 e. The quantitative estimate of drug-likeness (QED) is 0.448. The molecule has 0 aliphatic heterocycles. The van der Waals surface area contributed by atoms with Gasteiger partial charge in [0, 0.05) is 17.5 Å². The third kappa shape index (κ3) is 3.89. The molecule has 0 aromatic heterocycles. The van der Waals surface area contributed by atoms with Gasteiger partial charge in [0.15, 0.2) is 0 Å². The van der Waals surface area contributed by atoms with Gasteiger partial charge >= 0.3 is 5.97 Å². The van der Waals surface area contributed by atoms with Crippen LogP contribution in [-0.4, -0.2) is 23.5 Å². The molecule has 118 valence electrons. The number of rotatable bonds is 5. The van der Waals surface area contributed by atoms with Gasteiger partial charge in [0.1, 0.15) is 11.6 Å². The van der Waals surface area contributed by atoms with Crippen molar-refractivity contribution < 1.29 is 14.6 Å². The number of carbonyl (C=O) groups excluding carboxylic acids is 1. The molecular formula is C16H19ClN2O3. The second-order valence-corrected chi connectivity index (χ2v) is 4.72. The number of esters is 1. The number of aryl methyl sites for hydroxylation is 1. The molecule has 0 bridgehead atoms. The summed E-state index contributed by atoms with van der Waals surface area (Å²) in [7, 11) is 0. The zero-order valence-electron chi connectivity index (χ0n) is 12.3. The van der Waals surface area contributed by atoms with Gasteiger partial charge in [0.2, 0.25) is 0 Å². The largest absolute Gasteiger partial charge is 0.508 e. The van der Waals surface area contributed by atoms with Gasteiger partial charge in [-0.2, -0.15) is 0 Å². The third-order valence-corrected chi connectivity index (χ3v) is 3.30. The summed E-state index contributed by atoms with van der Waals surface area (Å²) in [5.41, 5.74) is 6.81. The number of aromatic hydroxyl groups is 1. The Morgan fingerprint density at radius 3 is 2.68 bits per heavy atom. The van der Waals surface area contributed by atoms with E-state index >= 15 is 0 Å². The number of fused-ring (bicyclic) bond motifs is 1. The van der Waals surface area contributed by atoms with E-state index in [-0.39, 0.29) is 36.4 Å². The fourth-order valence-corrected chi connectivity index (χ4v) is 2.27. The van der Waals surface area contributed by atoms with Crippen molar-refractivity contribution in [2.45, 2.75) is 19.8 Å². The van der Waals surface area contributed by atoms with Crippen LogP contribution in [0.5, 0.6) is 5.75 Å². The van der Waals surface area contributed by atoms with Crippen LogP contribution in [0.3, 0.4) is 0 Å². The summed E-state index contributed by atoms with van der Waals surface area (Å²) in [4.78, 5) is 11.5. The van der Waals surface area contributed by atoms with Gasteiger partial charge < -0.3 is 15.6 Å². The normalized spacial score (nSPS) is 10.0. The van der Waals surface area contributed by atoms with Crippen LogP contribution in [0.4, 0.5) is 0 Å². The molecule has 0 saturated carbocycles. The lowest BCUT2D eigenvalue weighted by Crippen LogP contribution is -2.10. The zero-order valence-corrected chi connectivity index (χ0v) is 13.1. The molecule has 0 spiro atoms. The second-order valence-electron chi connectivity index (χ2n) is 4.72. The number of hydrogen-bond donors (Lipinski definition) is 3. The first-order valence-electron chi connectivity index (χ1n) is 6.77. The number of nitrogens with one attached hydrogen (secondary N) is 1. The monoisotopic (exact) mass is 322 g/mol. The first kappa shape index (κ1) is 17.8. The summed E-state index contributed by atoms with van der Waals surface area (Å²) in [5, 5.41) is 19.2. The lowest BCUT2D eigenvalue weighted by atomic mass is 9.98. The van der Waals surface area contributed by atoms with Gasteiger partial charge in [-0.1, -0.05) is 18.2 Å². The van der Waals surface area contributed by atoms with Gasteiger partial charge in [0.05, 0.1) is 6.61 Å². The third-order valence-electron chi connectivity index (χ3n) is 3.30. The van der Waals surface area contributed by atoms with Crippen LogP contribution < -0.4 is 5.73 Å². The molecule has 0 aliphatic rings. The van der Waals surface area contributed by atoms with Crippen molar-refractivity contribution in [3.05, 3.63) is 41.5 Å². The highest BCUT2D eigenvalue weighted by atomic mass is 35.5. The Hall–Kier alpha value is -2.27. The van der Waals surface area contributed by atoms with E-state index in [0.29, 0.717) is 24.2 Å². The molecule has 2 rings (SSSR count). The molecular weight excluding hydrogens is 304 g/mol. The average Bonchev–Trinajstić information content (AvgIpc) is 2.46. The lowest BCUT2D eigenvalue weighted by molar-refractivity contribution is -0.143. The van der Waals surface area contributed by atoms with Gasteiger partial charge in [-0.25, -0.2) is 0 Å². The maximum absolute atomic E-state index is 11.5. The summed E-state index contributed by atoms with van der Waals surface area (Å²) in [6.07, 6.45) is 0.621. The van der Waals surface area contributed by atoms with E-state index in [2.05, 4.69) is 0 Å². The smallest absolute Gasteiger partial charge is 0.306 e. The topological polar surface area (TPSA) is 96.4 Å². The van der Waals surface area contributed by atoms with E-state index in [4.69, 9.17) is 15.9 Å². The number of ether oxygens (including phenoxy) is 1. The minimum Gasteiger partial charge on any atom is -0.508 e. The van der Waals surface area contributed by atoms with E-state index in [0.717, 1.165) is 10.8 Å². The van der Waals surface area contributed by atoms with Crippen molar-refractivity contribution in [1.82, 2.24) is 0 Å². The van der Waals surface area contributed by atoms with E-state index in [1.54, 1.807) is 31.2 Å². The molecule has 0 heterocycles. The van der Waals surface area contributed by atoms with Crippen molar-refractivity contribution >= 4 is 35.0 Å². The fourth-order valence-electron chi connectivity index (χ4n) is 2.27. The number of phenolic OH excluding ortho intramolecular Hbond substituents is 1. The number of halogens is 1. The molecule has 5 nitrogen and oxygen atoms in total.